The molecule has 1 amide bonds. The number of hydrogen-bond donors (Lipinski definition) is 1. The van der Waals surface area contributed by atoms with Crippen LogP contribution in [0.4, 0.5) is 18.9 Å². The van der Waals surface area contributed by atoms with E-state index >= 15 is 0 Å². The number of benzene rings is 1. The Kier molecular flexibility index (Phi) is 5.51. The molecule has 0 bridgehead atoms. The molecule has 23 heavy (non-hydrogen) atoms. The second-order valence-corrected chi connectivity index (χ2v) is 5.87. The number of hydrogen-bond acceptors (Lipinski definition) is 3. The molecule has 1 atom stereocenters. The Morgan fingerprint density at radius 1 is 1.43 bits per heavy atom. The fourth-order valence-corrected chi connectivity index (χ4v) is 2.78. The average molecular weight is 330 g/mol. The van der Waals surface area contributed by atoms with E-state index in [2.05, 4.69) is 5.32 Å². The van der Waals surface area contributed by atoms with Crippen LogP contribution >= 0.6 is 0 Å². The van der Waals surface area contributed by atoms with E-state index in [1.54, 1.807) is 17.0 Å². The van der Waals surface area contributed by atoms with Crippen LogP contribution in [0.1, 0.15) is 18.4 Å². The molecule has 128 valence electrons. The summed E-state index contributed by atoms with van der Waals surface area (Å²) in [5.74, 6) is -1.16. The molecule has 1 unspecified atom stereocenters. The maximum atomic E-state index is 12.8. The number of halogens is 3. The zero-order valence-electron chi connectivity index (χ0n) is 13.2. The monoisotopic (exact) mass is 330 g/mol. The van der Waals surface area contributed by atoms with Crippen LogP contribution < -0.4 is 10.1 Å². The molecule has 7 heteroatoms. The molecule has 1 aliphatic heterocycles. The van der Waals surface area contributed by atoms with E-state index < -0.39 is 12.1 Å². The van der Waals surface area contributed by atoms with Gasteiger partial charge in [-0.25, -0.2) is 0 Å². The van der Waals surface area contributed by atoms with Gasteiger partial charge < -0.3 is 10.1 Å². The predicted molar refractivity (Wildman–Crippen MR) is 81.6 cm³/mol. The van der Waals surface area contributed by atoms with Crippen LogP contribution in [0, 0.1) is 12.8 Å². The van der Waals surface area contributed by atoms with E-state index in [4.69, 9.17) is 4.74 Å². The van der Waals surface area contributed by atoms with Crippen molar-refractivity contribution in [2.45, 2.75) is 25.9 Å². The largest absolute Gasteiger partial charge is 0.495 e. The van der Waals surface area contributed by atoms with E-state index in [9.17, 15) is 18.0 Å². The van der Waals surface area contributed by atoms with Gasteiger partial charge in [0.15, 0.2) is 0 Å². The number of aryl methyl sites for hydroxylation is 1. The number of alkyl halides is 3. The number of carbonyl (C=O) groups excluding carboxylic acids is 1. The summed E-state index contributed by atoms with van der Waals surface area (Å²) in [5.41, 5.74) is 1.48. The van der Waals surface area contributed by atoms with Crippen molar-refractivity contribution in [2.75, 3.05) is 32.1 Å². The third kappa shape index (κ3) is 4.86. The third-order valence-electron chi connectivity index (χ3n) is 3.96. The topological polar surface area (TPSA) is 41.6 Å². The number of ether oxygens (including phenoxy) is 1. The highest BCUT2D eigenvalue weighted by molar-refractivity contribution is 5.93. The van der Waals surface area contributed by atoms with Crippen molar-refractivity contribution >= 4 is 11.6 Å². The number of methoxy groups -OCH3 is 1. The van der Waals surface area contributed by atoms with E-state index in [0.29, 0.717) is 24.4 Å². The van der Waals surface area contributed by atoms with Gasteiger partial charge in [0, 0.05) is 6.54 Å². The second-order valence-electron chi connectivity index (χ2n) is 5.87. The lowest BCUT2D eigenvalue weighted by atomic mass is 9.97. The molecule has 2 rings (SSSR count). The molecular formula is C16H21F3N2O2. The van der Waals surface area contributed by atoms with Crippen molar-refractivity contribution in [3.05, 3.63) is 23.8 Å². The minimum Gasteiger partial charge on any atom is -0.495 e. The van der Waals surface area contributed by atoms with E-state index in [1.165, 1.54) is 7.11 Å². The van der Waals surface area contributed by atoms with E-state index in [0.717, 1.165) is 5.56 Å². The van der Waals surface area contributed by atoms with Crippen molar-refractivity contribution in [3.63, 3.8) is 0 Å². The third-order valence-corrected chi connectivity index (χ3v) is 3.96. The molecule has 0 aliphatic carbocycles. The van der Waals surface area contributed by atoms with Crippen molar-refractivity contribution in [2.24, 2.45) is 5.92 Å². The van der Waals surface area contributed by atoms with Gasteiger partial charge in [-0.15, -0.1) is 0 Å². The first-order chi connectivity index (χ1) is 10.8. The highest BCUT2D eigenvalue weighted by atomic mass is 19.4. The minimum atomic E-state index is -4.20. The summed E-state index contributed by atoms with van der Waals surface area (Å²) in [5, 5.41) is 2.72. The smallest absolute Gasteiger partial charge is 0.393 e. The lowest BCUT2D eigenvalue weighted by molar-refractivity contribution is -0.186. The standard InChI is InChI=1S/C16H21F3N2O2/c1-11-5-6-14(23-2)13(8-11)20-15(22)10-21-7-3-4-12(9-21)16(17,18)19/h5-6,8,12H,3-4,7,9-10H2,1-2H3,(H,20,22). The second kappa shape index (κ2) is 7.21. The van der Waals surface area contributed by atoms with Crippen molar-refractivity contribution < 1.29 is 22.7 Å². The van der Waals surface area contributed by atoms with E-state index in [-0.39, 0.29) is 25.4 Å². The van der Waals surface area contributed by atoms with Gasteiger partial charge in [-0.2, -0.15) is 13.2 Å². The Morgan fingerprint density at radius 3 is 2.83 bits per heavy atom. The van der Waals surface area contributed by atoms with Gasteiger partial charge >= 0.3 is 6.18 Å². The Hall–Kier alpha value is -1.76. The molecule has 1 aromatic carbocycles. The fourth-order valence-electron chi connectivity index (χ4n) is 2.78. The van der Waals surface area contributed by atoms with Gasteiger partial charge in [0.2, 0.25) is 5.91 Å². The molecule has 0 saturated carbocycles. The number of carbonyl (C=O) groups is 1. The summed E-state index contributed by atoms with van der Waals surface area (Å²) in [6.07, 6.45) is -3.62. The van der Waals surface area contributed by atoms with Crippen LogP contribution in [-0.2, 0) is 4.79 Å². The minimum absolute atomic E-state index is 0.0519. The molecule has 1 saturated heterocycles. The molecule has 1 fully saturated rings. The van der Waals surface area contributed by atoms with Gasteiger partial charge in [-0.3, -0.25) is 9.69 Å². The van der Waals surface area contributed by atoms with Crippen molar-refractivity contribution in [3.8, 4) is 5.75 Å². The molecular weight excluding hydrogens is 309 g/mol. The number of likely N-dealkylation sites (tertiary alicyclic amines) is 1. The molecule has 4 nitrogen and oxygen atoms in total. The van der Waals surface area contributed by atoms with Gasteiger partial charge in [-0.05, 0) is 44.0 Å². The quantitative estimate of drug-likeness (QED) is 0.922. The van der Waals surface area contributed by atoms with Crippen LogP contribution in [0.3, 0.4) is 0 Å². The van der Waals surface area contributed by atoms with Gasteiger partial charge in [0.25, 0.3) is 0 Å². The normalized spacial score (nSPS) is 19.4. The average Bonchev–Trinajstić information content (AvgIpc) is 2.46. The zero-order chi connectivity index (χ0) is 17.0. The SMILES string of the molecule is COc1ccc(C)cc1NC(=O)CN1CCCC(C(F)(F)F)C1. The van der Waals surface area contributed by atoms with Crippen LogP contribution in [0.15, 0.2) is 18.2 Å². The fraction of sp³-hybridized carbons (Fsp3) is 0.562. The number of amides is 1. The number of nitrogens with zero attached hydrogens (tertiary/aromatic N) is 1. The van der Waals surface area contributed by atoms with Crippen molar-refractivity contribution in [1.29, 1.82) is 0 Å². The first kappa shape index (κ1) is 17.6. The molecule has 1 aromatic rings. The van der Waals surface area contributed by atoms with Crippen molar-refractivity contribution in [1.82, 2.24) is 4.90 Å². The van der Waals surface area contributed by atoms with Gasteiger partial charge in [0.1, 0.15) is 5.75 Å². The summed E-state index contributed by atoms with van der Waals surface area (Å²) in [6.45, 7) is 2.21. The highest BCUT2D eigenvalue weighted by Gasteiger charge is 2.41. The molecule has 1 heterocycles. The summed E-state index contributed by atoms with van der Waals surface area (Å²) < 4.78 is 43.6. The van der Waals surface area contributed by atoms with Crippen LogP contribution in [0.25, 0.3) is 0 Å². The number of piperidine rings is 1. The molecule has 0 radical (unpaired) electrons. The summed E-state index contributed by atoms with van der Waals surface area (Å²) >= 11 is 0. The highest BCUT2D eigenvalue weighted by Crippen LogP contribution is 2.33. The zero-order valence-corrected chi connectivity index (χ0v) is 13.2. The molecule has 1 aliphatic rings. The van der Waals surface area contributed by atoms with Crippen LogP contribution in [-0.4, -0.2) is 43.7 Å². The number of anilines is 1. The Labute approximate surface area is 133 Å². The Morgan fingerprint density at radius 2 is 2.17 bits per heavy atom. The van der Waals surface area contributed by atoms with Gasteiger partial charge in [0.05, 0.1) is 25.3 Å². The number of rotatable bonds is 4. The Balaban J connectivity index is 1.96. The lowest BCUT2D eigenvalue weighted by Crippen LogP contribution is -2.44. The van der Waals surface area contributed by atoms with E-state index in [1.807, 2.05) is 13.0 Å². The van der Waals surface area contributed by atoms with Gasteiger partial charge in [-0.1, -0.05) is 6.07 Å². The maximum Gasteiger partial charge on any atom is 0.393 e. The molecule has 0 aromatic heterocycles. The van der Waals surface area contributed by atoms with Crippen LogP contribution in [0.2, 0.25) is 0 Å². The maximum absolute atomic E-state index is 12.8. The first-order valence-corrected chi connectivity index (χ1v) is 7.53. The molecule has 1 N–H and O–H groups in total. The summed E-state index contributed by atoms with van der Waals surface area (Å²) in [7, 11) is 1.50. The predicted octanol–water partition coefficient (Wildman–Crippen LogP) is 3.22. The molecule has 0 spiro atoms. The number of nitrogens with one attached hydrogen (secondary N) is 1. The lowest BCUT2D eigenvalue weighted by Gasteiger charge is -2.33. The summed E-state index contributed by atoms with van der Waals surface area (Å²) in [6, 6.07) is 5.37. The van der Waals surface area contributed by atoms with Crippen LogP contribution in [0.5, 0.6) is 5.75 Å². The Bertz CT molecular complexity index is 561. The summed E-state index contributed by atoms with van der Waals surface area (Å²) in [4.78, 5) is 13.7. The first-order valence-electron chi connectivity index (χ1n) is 7.53.